The molecule has 78 valence electrons. The van der Waals surface area contributed by atoms with E-state index in [1.807, 2.05) is 0 Å². The number of hydrogen-bond acceptors (Lipinski definition) is 3. The Balaban J connectivity index is 1.87. The number of rotatable bonds is 7. The predicted octanol–water partition coefficient (Wildman–Crippen LogP) is 0.280. The molecule has 1 aliphatic rings. The lowest BCUT2D eigenvalue weighted by Crippen LogP contribution is -2.55. The molecular weight excluding hydrogens is 162 g/mol. The molecule has 0 aromatic carbocycles. The van der Waals surface area contributed by atoms with E-state index in [1.165, 1.54) is 32.6 Å². The van der Waals surface area contributed by atoms with Gasteiger partial charge in [-0.15, -0.1) is 0 Å². The zero-order valence-corrected chi connectivity index (χ0v) is 8.97. The van der Waals surface area contributed by atoms with Crippen molar-refractivity contribution in [3.63, 3.8) is 0 Å². The Morgan fingerprint density at radius 1 is 1.31 bits per heavy atom. The van der Waals surface area contributed by atoms with E-state index in [0.29, 0.717) is 0 Å². The highest BCUT2D eigenvalue weighted by Gasteiger charge is 2.14. The Hall–Kier alpha value is -0.120. The Labute approximate surface area is 81.9 Å². The summed E-state index contributed by atoms with van der Waals surface area (Å²) < 4.78 is 0. The average molecular weight is 185 g/mol. The molecule has 0 atom stereocenters. The van der Waals surface area contributed by atoms with E-state index in [1.54, 1.807) is 0 Å². The Bertz CT molecular complexity index is 119. The van der Waals surface area contributed by atoms with E-state index in [4.69, 9.17) is 0 Å². The SMILES string of the molecule is CCN(CC)CCCNC1CNC1. The molecule has 3 nitrogen and oxygen atoms in total. The second kappa shape index (κ2) is 6.35. The molecule has 2 N–H and O–H groups in total. The lowest BCUT2D eigenvalue weighted by Gasteiger charge is -2.28. The lowest BCUT2D eigenvalue weighted by atomic mass is 10.2. The van der Waals surface area contributed by atoms with Gasteiger partial charge in [-0.05, 0) is 32.6 Å². The van der Waals surface area contributed by atoms with Gasteiger partial charge in [0.15, 0.2) is 0 Å². The van der Waals surface area contributed by atoms with Crippen molar-refractivity contribution in [1.29, 1.82) is 0 Å². The van der Waals surface area contributed by atoms with Crippen LogP contribution in [0.1, 0.15) is 20.3 Å². The van der Waals surface area contributed by atoms with Gasteiger partial charge in [0.1, 0.15) is 0 Å². The molecular formula is C10H23N3. The molecule has 0 spiro atoms. The highest BCUT2D eigenvalue weighted by Crippen LogP contribution is 1.93. The molecule has 1 rings (SSSR count). The smallest absolute Gasteiger partial charge is 0.0317 e. The van der Waals surface area contributed by atoms with Crippen molar-refractivity contribution in [2.24, 2.45) is 0 Å². The van der Waals surface area contributed by atoms with Gasteiger partial charge < -0.3 is 15.5 Å². The molecule has 1 heterocycles. The quantitative estimate of drug-likeness (QED) is 0.558. The average Bonchev–Trinajstić information content (AvgIpc) is 2.08. The van der Waals surface area contributed by atoms with Gasteiger partial charge in [-0.2, -0.15) is 0 Å². The molecule has 0 aliphatic carbocycles. The fraction of sp³-hybridized carbons (Fsp3) is 1.00. The van der Waals surface area contributed by atoms with Crippen molar-refractivity contribution >= 4 is 0 Å². The van der Waals surface area contributed by atoms with Crippen LogP contribution in [-0.4, -0.2) is 50.2 Å². The molecule has 0 aromatic rings. The molecule has 1 saturated heterocycles. The third kappa shape index (κ3) is 4.07. The highest BCUT2D eigenvalue weighted by molar-refractivity contribution is 4.81. The number of nitrogens with zero attached hydrogens (tertiary/aromatic N) is 1. The normalized spacial score (nSPS) is 17.8. The maximum absolute atomic E-state index is 3.53. The van der Waals surface area contributed by atoms with Crippen molar-refractivity contribution in [2.75, 3.05) is 39.3 Å². The summed E-state index contributed by atoms with van der Waals surface area (Å²) in [5.74, 6) is 0. The summed E-state index contributed by atoms with van der Waals surface area (Å²) in [5.41, 5.74) is 0. The molecule has 0 bridgehead atoms. The fourth-order valence-electron chi connectivity index (χ4n) is 1.58. The Morgan fingerprint density at radius 3 is 2.46 bits per heavy atom. The van der Waals surface area contributed by atoms with E-state index in [-0.39, 0.29) is 0 Å². The Morgan fingerprint density at radius 2 is 2.00 bits per heavy atom. The second-order valence-corrected chi connectivity index (χ2v) is 3.69. The summed E-state index contributed by atoms with van der Waals surface area (Å²) in [6.07, 6.45) is 1.28. The van der Waals surface area contributed by atoms with Crippen LogP contribution < -0.4 is 10.6 Å². The predicted molar refractivity (Wildman–Crippen MR) is 57.1 cm³/mol. The van der Waals surface area contributed by atoms with Gasteiger partial charge in [-0.3, -0.25) is 0 Å². The standard InChI is InChI=1S/C10H23N3/c1-3-13(4-2)7-5-6-12-10-8-11-9-10/h10-12H,3-9H2,1-2H3. The van der Waals surface area contributed by atoms with Crippen molar-refractivity contribution < 1.29 is 0 Å². The third-order valence-electron chi connectivity index (χ3n) is 2.76. The van der Waals surface area contributed by atoms with Crippen LogP contribution in [0.4, 0.5) is 0 Å². The molecule has 0 radical (unpaired) electrons. The summed E-state index contributed by atoms with van der Waals surface area (Å²) in [6, 6.07) is 0.747. The van der Waals surface area contributed by atoms with Crippen molar-refractivity contribution in [1.82, 2.24) is 15.5 Å². The van der Waals surface area contributed by atoms with Crippen LogP contribution in [-0.2, 0) is 0 Å². The van der Waals surface area contributed by atoms with E-state index in [0.717, 1.165) is 19.1 Å². The molecule has 1 aliphatic heterocycles. The van der Waals surface area contributed by atoms with E-state index in [2.05, 4.69) is 29.4 Å². The van der Waals surface area contributed by atoms with Crippen LogP contribution in [0, 0.1) is 0 Å². The van der Waals surface area contributed by atoms with Crippen LogP contribution in [0.5, 0.6) is 0 Å². The van der Waals surface area contributed by atoms with E-state index < -0.39 is 0 Å². The summed E-state index contributed by atoms with van der Waals surface area (Å²) in [6.45, 7) is 11.5. The summed E-state index contributed by atoms with van der Waals surface area (Å²) in [4.78, 5) is 2.47. The summed E-state index contributed by atoms with van der Waals surface area (Å²) in [7, 11) is 0. The first-order valence-electron chi connectivity index (χ1n) is 5.53. The Kier molecular flexibility index (Phi) is 5.35. The van der Waals surface area contributed by atoms with Crippen LogP contribution in [0.3, 0.4) is 0 Å². The minimum atomic E-state index is 0.747. The second-order valence-electron chi connectivity index (χ2n) is 3.69. The summed E-state index contributed by atoms with van der Waals surface area (Å²) >= 11 is 0. The zero-order chi connectivity index (χ0) is 9.52. The van der Waals surface area contributed by atoms with Crippen molar-refractivity contribution in [3.05, 3.63) is 0 Å². The number of nitrogens with one attached hydrogen (secondary N) is 2. The van der Waals surface area contributed by atoms with Gasteiger partial charge in [0.05, 0.1) is 0 Å². The molecule has 0 unspecified atom stereocenters. The molecule has 3 heteroatoms. The van der Waals surface area contributed by atoms with Crippen molar-refractivity contribution in [3.8, 4) is 0 Å². The molecule has 0 saturated carbocycles. The van der Waals surface area contributed by atoms with Crippen LogP contribution in [0.25, 0.3) is 0 Å². The lowest BCUT2D eigenvalue weighted by molar-refractivity contribution is 0.288. The van der Waals surface area contributed by atoms with Gasteiger partial charge in [0, 0.05) is 19.1 Å². The van der Waals surface area contributed by atoms with Crippen LogP contribution >= 0.6 is 0 Å². The largest absolute Gasteiger partial charge is 0.314 e. The van der Waals surface area contributed by atoms with Crippen LogP contribution in [0.15, 0.2) is 0 Å². The molecule has 0 aromatic heterocycles. The zero-order valence-electron chi connectivity index (χ0n) is 8.97. The fourth-order valence-corrected chi connectivity index (χ4v) is 1.58. The first kappa shape index (κ1) is 11.0. The minimum Gasteiger partial charge on any atom is -0.314 e. The first-order chi connectivity index (χ1) is 6.36. The van der Waals surface area contributed by atoms with Crippen LogP contribution in [0.2, 0.25) is 0 Å². The van der Waals surface area contributed by atoms with Gasteiger partial charge in [0.25, 0.3) is 0 Å². The van der Waals surface area contributed by atoms with Gasteiger partial charge >= 0.3 is 0 Å². The molecule has 13 heavy (non-hydrogen) atoms. The highest BCUT2D eigenvalue weighted by atomic mass is 15.1. The number of hydrogen-bond donors (Lipinski definition) is 2. The first-order valence-corrected chi connectivity index (χ1v) is 5.53. The van der Waals surface area contributed by atoms with Crippen molar-refractivity contribution in [2.45, 2.75) is 26.3 Å². The maximum atomic E-state index is 3.53. The molecule has 0 amide bonds. The minimum absolute atomic E-state index is 0.747. The summed E-state index contributed by atoms with van der Waals surface area (Å²) in [5, 5.41) is 6.79. The molecule has 1 fully saturated rings. The van der Waals surface area contributed by atoms with Gasteiger partial charge in [-0.25, -0.2) is 0 Å². The maximum Gasteiger partial charge on any atom is 0.0317 e. The van der Waals surface area contributed by atoms with E-state index >= 15 is 0 Å². The topological polar surface area (TPSA) is 27.3 Å². The van der Waals surface area contributed by atoms with Gasteiger partial charge in [-0.1, -0.05) is 13.8 Å². The van der Waals surface area contributed by atoms with E-state index in [9.17, 15) is 0 Å². The third-order valence-corrected chi connectivity index (χ3v) is 2.76. The van der Waals surface area contributed by atoms with Gasteiger partial charge in [0.2, 0.25) is 0 Å². The monoisotopic (exact) mass is 185 g/mol.